The molecule has 0 bridgehead atoms. The number of ether oxygens (including phenoxy) is 3. The SMILES string of the molecule is CCNC(=NCc1cc(OC)ccc1O)NCC(C)Oc1cccc(OC)c1. The maximum absolute atomic E-state index is 10.0. The van der Waals surface area contributed by atoms with Crippen molar-refractivity contribution in [3.63, 3.8) is 0 Å². The molecular weight excluding hydrogens is 358 g/mol. The number of methoxy groups -OCH3 is 2. The molecule has 28 heavy (non-hydrogen) atoms. The van der Waals surface area contributed by atoms with E-state index in [-0.39, 0.29) is 11.9 Å². The van der Waals surface area contributed by atoms with Gasteiger partial charge in [-0.05, 0) is 44.2 Å². The van der Waals surface area contributed by atoms with E-state index in [4.69, 9.17) is 14.2 Å². The van der Waals surface area contributed by atoms with Crippen LogP contribution in [0.15, 0.2) is 47.5 Å². The first-order valence-corrected chi connectivity index (χ1v) is 9.24. The van der Waals surface area contributed by atoms with Crippen LogP contribution in [-0.2, 0) is 6.54 Å². The summed E-state index contributed by atoms with van der Waals surface area (Å²) in [5, 5.41) is 16.4. The van der Waals surface area contributed by atoms with Crippen LogP contribution in [0.1, 0.15) is 19.4 Å². The highest BCUT2D eigenvalue weighted by Crippen LogP contribution is 2.23. The average molecular weight is 387 g/mol. The molecule has 3 N–H and O–H groups in total. The molecule has 0 fully saturated rings. The fraction of sp³-hybridized carbons (Fsp3) is 0.381. The lowest BCUT2D eigenvalue weighted by atomic mass is 10.2. The van der Waals surface area contributed by atoms with Crippen LogP contribution in [0.5, 0.6) is 23.0 Å². The zero-order valence-corrected chi connectivity index (χ0v) is 16.9. The Morgan fingerprint density at radius 2 is 1.75 bits per heavy atom. The van der Waals surface area contributed by atoms with Crippen molar-refractivity contribution in [3.05, 3.63) is 48.0 Å². The first-order valence-electron chi connectivity index (χ1n) is 9.24. The van der Waals surface area contributed by atoms with Crippen LogP contribution < -0.4 is 24.8 Å². The maximum Gasteiger partial charge on any atom is 0.191 e. The molecule has 1 unspecified atom stereocenters. The smallest absolute Gasteiger partial charge is 0.191 e. The third kappa shape index (κ3) is 6.57. The highest BCUT2D eigenvalue weighted by atomic mass is 16.5. The van der Waals surface area contributed by atoms with E-state index in [0.29, 0.717) is 30.4 Å². The summed E-state index contributed by atoms with van der Waals surface area (Å²) in [5.41, 5.74) is 0.692. The molecule has 0 aliphatic rings. The van der Waals surface area contributed by atoms with Crippen molar-refractivity contribution in [2.24, 2.45) is 4.99 Å². The van der Waals surface area contributed by atoms with Crippen LogP contribution in [0.25, 0.3) is 0 Å². The third-order valence-electron chi connectivity index (χ3n) is 3.97. The zero-order chi connectivity index (χ0) is 20.4. The summed E-state index contributed by atoms with van der Waals surface area (Å²) in [6.45, 7) is 5.58. The van der Waals surface area contributed by atoms with E-state index in [0.717, 1.165) is 18.0 Å². The summed E-state index contributed by atoms with van der Waals surface area (Å²) >= 11 is 0. The Hall–Kier alpha value is -3.09. The number of rotatable bonds is 9. The summed E-state index contributed by atoms with van der Waals surface area (Å²) in [4.78, 5) is 4.53. The minimum Gasteiger partial charge on any atom is -0.508 e. The molecular formula is C21H29N3O4. The van der Waals surface area contributed by atoms with Crippen molar-refractivity contribution in [1.29, 1.82) is 0 Å². The number of benzene rings is 2. The minimum absolute atomic E-state index is 0.0822. The van der Waals surface area contributed by atoms with Crippen LogP contribution >= 0.6 is 0 Å². The lowest BCUT2D eigenvalue weighted by Crippen LogP contribution is -2.41. The largest absolute Gasteiger partial charge is 0.508 e. The number of guanidine groups is 1. The topological polar surface area (TPSA) is 84.3 Å². The number of hydrogen-bond donors (Lipinski definition) is 3. The van der Waals surface area contributed by atoms with Crippen LogP contribution in [0, 0.1) is 0 Å². The van der Waals surface area contributed by atoms with Gasteiger partial charge in [-0.3, -0.25) is 0 Å². The van der Waals surface area contributed by atoms with Gasteiger partial charge in [-0.25, -0.2) is 4.99 Å². The highest BCUT2D eigenvalue weighted by Gasteiger charge is 2.08. The Morgan fingerprint density at radius 1 is 1.04 bits per heavy atom. The fourth-order valence-electron chi connectivity index (χ4n) is 2.51. The highest BCUT2D eigenvalue weighted by molar-refractivity contribution is 5.79. The molecule has 0 aromatic heterocycles. The molecule has 2 rings (SSSR count). The van der Waals surface area contributed by atoms with Crippen LogP contribution in [0.2, 0.25) is 0 Å². The minimum atomic E-state index is -0.0822. The molecule has 7 nitrogen and oxygen atoms in total. The standard InChI is InChI=1S/C21H29N3O4/c1-5-22-21(24-14-16-11-18(27-4)9-10-20(16)25)23-13-15(2)28-19-8-6-7-17(12-19)26-3/h6-12,15,25H,5,13-14H2,1-4H3,(H2,22,23,24). The predicted octanol–water partition coefficient (Wildman–Crippen LogP) is 2.93. The molecule has 0 radical (unpaired) electrons. The molecule has 0 heterocycles. The first-order chi connectivity index (χ1) is 13.5. The van der Waals surface area contributed by atoms with Gasteiger partial charge in [0.2, 0.25) is 0 Å². The number of phenolic OH excluding ortho intramolecular Hbond substituents is 1. The second-order valence-electron chi connectivity index (χ2n) is 6.18. The normalized spacial score (nSPS) is 12.2. The maximum atomic E-state index is 10.0. The van der Waals surface area contributed by atoms with Gasteiger partial charge in [-0.2, -0.15) is 0 Å². The van der Waals surface area contributed by atoms with Gasteiger partial charge in [0, 0.05) is 18.2 Å². The van der Waals surface area contributed by atoms with Gasteiger partial charge >= 0.3 is 0 Å². The Balaban J connectivity index is 1.95. The molecule has 0 saturated heterocycles. The Labute approximate surface area is 166 Å². The number of aromatic hydroxyl groups is 1. The van der Waals surface area contributed by atoms with E-state index >= 15 is 0 Å². The molecule has 0 amide bonds. The molecule has 0 aliphatic heterocycles. The van der Waals surface area contributed by atoms with Crippen LogP contribution in [0.4, 0.5) is 0 Å². The van der Waals surface area contributed by atoms with E-state index in [1.807, 2.05) is 38.1 Å². The molecule has 0 spiro atoms. The Morgan fingerprint density at radius 3 is 2.46 bits per heavy atom. The van der Waals surface area contributed by atoms with Crippen molar-refractivity contribution in [2.75, 3.05) is 27.3 Å². The Kier molecular flexibility index (Phi) is 8.27. The lowest BCUT2D eigenvalue weighted by molar-refractivity contribution is 0.223. The molecule has 1 atom stereocenters. The summed E-state index contributed by atoms with van der Waals surface area (Å²) < 4.78 is 16.3. The van der Waals surface area contributed by atoms with Crippen molar-refractivity contribution in [3.8, 4) is 23.0 Å². The second kappa shape index (κ2) is 10.9. The van der Waals surface area contributed by atoms with Crippen LogP contribution in [-0.4, -0.2) is 44.5 Å². The number of nitrogens with one attached hydrogen (secondary N) is 2. The van der Waals surface area contributed by atoms with E-state index in [1.54, 1.807) is 32.4 Å². The summed E-state index contributed by atoms with van der Waals surface area (Å²) in [7, 11) is 3.22. The first kappa shape index (κ1) is 21.2. The van der Waals surface area contributed by atoms with Gasteiger partial charge in [0.05, 0.1) is 27.3 Å². The molecule has 0 aliphatic carbocycles. The lowest BCUT2D eigenvalue weighted by Gasteiger charge is -2.18. The molecule has 152 valence electrons. The summed E-state index contributed by atoms with van der Waals surface area (Å²) in [5.74, 6) is 3.02. The van der Waals surface area contributed by atoms with Gasteiger partial charge in [-0.15, -0.1) is 0 Å². The van der Waals surface area contributed by atoms with Crippen molar-refractivity contribution in [1.82, 2.24) is 10.6 Å². The number of hydrogen-bond acceptors (Lipinski definition) is 5. The van der Waals surface area contributed by atoms with Gasteiger partial charge in [-0.1, -0.05) is 6.07 Å². The van der Waals surface area contributed by atoms with Gasteiger partial charge < -0.3 is 30.0 Å². The van der Waals surface area contributed by atoms with Crippen molar-refractivity contribution < 1.29 is 19.3 Å². The van der Waals surface area contributed by atoms with E-state index in [1.165, 1.54) is 0 Å². The van der Waals surface area contributed by atoms with Gasteiger partial charge in [0.15, 0.2) is 5.96 Å². The second-order valence-corrected chi connectivity index (χ2v) is 6.18. The van der Waals surface area contributed by atoms with E-state index in [9.17, 15) is 5.11 Å². The molecule has 7 heteroatoms. The van der Waals surface area contributed by atoms with Gasteiger partial charge in [0.1, 0.15) is 29.1 Å². The number of nitrogens with zero attached hydrogens (tertiary/aromatic N) is 1. The average Bonchev–Trinajstić information content (AvgIpc) is 2.71. The monoisotopic (exact) mass is 387 g/mol. The number of aliphatic imine (C=N–C) groups is 1. The van der Waals surface area contributed by atoms with E-state index < -0.39 is 0 Å². The molecule has 2 aromatic carbocycles. The summed E-state index contributed by atoms with van der Waals surface area (Å²) in [6.07, 6.45) is -0.0822. The third-order valence-corrected chi connectivity index (χ3v) is 3.97. The Bertz CT molecular complexity index is 780. The van der Waals surface area contributed by atoms with Crippen molar-refractivity contribution >= 4 is 5.96 Å². The van der Waals surface area contributed by atoms with Crippen molar-refractivity contribution in [2.45, 2.75) is 26.5 Å². The zero-order valence-electron chi connectivity index (χ0n) is 16.9. The van der Waals surface area contributed by atoms with E-state index in [2.05, 4.69) is 15.6 Å². The quantitative estimate of drug-likeness (QED) is 0.453. The molecule has 2 aromatic rings. The predicted molar refractivity (Wildman–Crippen MR) is 111 cm³/mol. The fourth-order valence-corrected chi connectivity index (χ4v) is 2.51. The molecule has 0 saturated carbocycles. The van der Waals surface area contributed by atoms with Crippen LogP contribution in [0.3, 0.4) is 0 Å². The number of phenols is 1. The van der Waals surface area contributed by atoms with Gasteiger partial charge in [0.25, 0.3) is 0 Å². The summed E-state index contributed by atoms with van der Waals surface area (Å²) in [6, 6.07) is 12.6.